The first-order chi connectivity index (χ1) is 13.5. The summed E-state index contributed by atoms with van der Waals surface area (Å²) >= 11 is 0. The van der Waals surface area contributed by atoms with Gasteiger partial charge in [-0.1, -0.05) is 43.7 Å². The standard InChI is InChI=1S/C20H23N3O5/c1-2-3-9-27-20(26)15-10-16(28-13-14-7-5-4-6-8-14)18(22-12-15)19(25)23-17(24)11-21/h4-8,10,12H,2-3,9,11,13,21H2,1H3,(H,23,24,25). The first-order valence-electron chi connectivity index (χ1n) is 8.93. The quantitative estimate of drug-likeness (QED) is 0.499. The summed E-state index contributed by atoms with van der Waals surface area (Å²) in [5, 5.41) is 2.11. The highest BCUT2D eigenvalue weighted by Gasteiger charge is 2.20. The van der Waals surface area contributed by atoms with E-state index in [9.17, 15) is 14.4 Å². The third-order valence-corrected chi connectivity index (χ3v) is 3.71. The molecule has 0 spiro atoms. The number of esters is 1. The number of rotatable bonds is 9. The zero-order valence-corrected chi connectivity index (χ0v) is 15.6. The van der Waals surface area contributed by atoms with Crippen LogP contribution >= 0.6 is 0 Å². The molecule has 0 saturated heterocycles. The van der Waals surface area contributed by atoms with Crippen molar-refractivity contribution in [2.75, 3.05) is 13.2 Å². The van der Waals surface area contributed by atoms with Crippen LogP contribution < -0.4 is 15.8 Å². The molecule has 0 unspecified atom stereocenters. The van der Waals surface area contributed by atoms with Gasteiger partial charge in [0.05, 0.1) is 18.7 Å². The van der Waals surface area contributed by atoms with Crippen molar-refractivity contribution >= 4 is 17.8 Å². The van der Waals surface area contributed by atoms with Crippen LogP contribution in [0.5, 0.6) is 5.75 Å². The van der Waals surface area contributed by atoms with Gasteiger partial charge in [-0.2, -0.15) is 0 Å². The van der Waals surface area contributed by atoms with Gasteiger partial charge in [-0.05, 0) is 18.1 Å². The lowest BCUT2D eigenvalue weighted by Crippen LogP contribution is -2.36. The van der Waals surface area contributed by atoms with Crippen LogP contribution in [0.3, 0.4) is 0 Å². The lowest BCUT2D eigenvalue weighted by molar-refractivity contribution is -0.118. The number of amides is 2. The maximum atomic E-state index is 12.3. The Morgan fingerprint density at radius 2 is 1.93 bits per heavy atom. The molecule has 0 aliphatic carbocycles. The summed E-state index contributed by atoms with van der Waals surface area (Å²) in [5.74, 6) is -1.90. The summed E-state index contributed by atoms with van der Waals surface area (Å²) in [6.07, 6.45) is 2.86. The average molecular weight is 385 g/mol. The number of carbonyl (C=O) groups excluding carboxylic acids is 3. The molecule has 2 amide bonds. The van der Waals surface area contributed by atoms with Crippen molar-refractivity contribution in [3.63, 3.8) is 0 Å². The third-order valence-electron chi connectivity index (χ3n) is 3.71. The Balaban J connectivity index is 2.23. The fraction of sp³-hybridized carbons (Fsp3) is 0.300. The monoisotopic (exact) mass is 385 g/mol. The fourth-order valence-electron chi connectivity index (χ4n) is 2.20. The fourth-order valence-corrected chi connectivity index (χ4v) is 2.20. The normalized spacial score (nSPS) is 10.2. The van der Waals surface area contributed by atoms with Gasteiger partial charge in [-0.3, -0.25) is 14.9 Å². The van der Waals surface area contributed by atoms with Crippen LogP contribution in [0.25, 0.3) is 0 Å². The smallest absolute Gasteiger partial charge is 0.339 e. The SMILES string of the molecule is CCCCOC(=O)c1cnc(C(=O)NC(=O)CN)c(OCc2ccccc2)c1. The zero-order chi connectivity index (χ0) is 20.4. The first-order valence-corrected chi connectivity index (χ1v) is 8.93. The second-order valence-electron chi connectivity index (χ2n) is 5.92. The predicted molar refractivity (Wildman–Crippen MR) is 102 cm³/mol. The molecule has 0 saturated carbocycles. The topological polar surface area (TPSA) is 121 Å². The second-order valence-corrected chi connectivity index (χ2v) is 5.92. The average Bonchev–Trinajstić information content (AvgIpc) is 2.72. The molecule has 1 aromatic carbocycles. The van der Waals surface area contributed by atoms with Crippen molar-refractivity contribution in [1.29, 1.82) is 0 Å². The summed E-state index contributed by atoms with van der Waals surface area (Å²) < 4.78 is 10.9. The number of ether oxygens (including phenoxy) is 2. The number of pyridine rings is 1. The maximum absolute atomic E-state index is 12.3. The molecule has 28 heavy (non-hydrogen) atoms. The maximum Gasteiger partial charge on any atom is 0.339 e. The summed E-state index contributed by atoms with van der Waals surface area (Å²) in [4.78, 5) is 39.9. The van der Waals surface area contributed by atoms with Crippen LogP contribution in [0.1, 0.15) is 46.2 Å². The lowest BCUT2D eigenvalue weighted by Gasteiger charge is -2.12. The highest BCUT2D eigenvalue weighted by Crippen LogP contribution is 2.20. The molecule has 0 atom stereocenters. The van der Waals surface area contributed by atoms with Gasteiger partial charge in [0.25, 0.3) is 5.91 Å². The van der Waals surface area contributed by atoms with Gasteiger partial charge in [-0.25, -0.2) is 9.78 Å². The minimum atomic E-state index is -0.760. The Morgan fingerprint density at radius 1 is 1.18 bits per heavy atom. The van der Waals surface area contributed by atoms with Crippen LogP contribution in [0.4, 0.5) is 0 Å². The Bertz CT molecular complexity index is 824. The molecule has 0 radical (unpaired) electrons. The van der Waals surface area contributed by atoms with Crippen molar-refractivity contribution < 1.29 is 23.9 Å². The van der Waals surface area contributed by atoms with E-state index in [1.807, 2.05) is 37.3 Å². The number of carbonyl (C=O) groups is 3. The summed E-state index contributed by atoms with van der Waals surface area (Å²) in [5.41, 5.74) is 6.11. The number of nitrogens with two attached hydrogens (primary N) is 1. The number of benzene rings is 1. The van der Waals surface area contributed by atoms with Crippen molar-refractivity contribution in [1.82, 2.24) is 10.3 Å². The van der Waals surface area contributed by atoms with E-state index in [1.165, 1.54) is 12.3 Å². The van der Waals surface area contributed by atoms with E-state index < -0.39 is 17.8 Å². The van der Waals surface area contributed by atoms with Crippen LogP contribution in [0.2, 0.25) is 0 Å². The van der Waals surface area contributed by atoms with E-state index in [1.54, 1.807) is 0 Å². The van der Waals surface area contributed by atoms with E-state index >= 15 is 0 Å². The molecular formula is C20H23N3O5. The molecule has 2 rings (SSSR count). The Morgan fingerprint density at radius 3 is 2.61 bits per heavy atom. The van der Waals surface area contributed by atoms with Gasteiger partial charge in [0.1, 0.15) is 6.61 Å². The molecule has 1 aromatic heterocycles. The third kappa shape index (κ3) is 6.17. The highest BCUT2D eigenvalue weighted by atomic mass is 16.5. The Kier molecular flexibility index (Phi) is 8.11. The van der Waals surface area contributed by atoms with Gasteiger partial charge in [0.15, 0.2) is 11.4 Å². The van der Waals surface area contributed by atoms with Crippen molar-refractivity contribution in [2.24, 2.45) is 5.73 Å². The molecule has 2 aromatic rings. The Labute approximate surface area is 163 Å². The van der Waals surface area contributed by atoms with Crippen LogP contribution in [0.15, 0.2) is 42.6 Å². The van der Waals surface area contributed by atoms with Crippen LogP contribution in [-0.4, -0.2) is 35.9 Å². The Hall–Kier alpha value is -3.26. The predicted octanol–water partition coefficient (Wildman–Crippen LogP) is 1.83. The van der Waals surface area contributed by atoms with E-state index in [4.69, 9.17) is 15.2 Å². The molecule has 1 heterocycles. The van der Waals surface area contributed by atoms with Crippen molar-refractivity contribution in [3.8, 4) is 5.75 Å². The number of nitrogens with one attached hydrogen (secondary N) is 1. The second kappa shape index (κ2) is 10.8. The molecule has 0 bridgehead atoms. The summed E-state index contributed by atoms with van der Waals surface area (Å²) in [6, 6.07) is 10.7. The van der Waals surface area contributed by atoms with Gasteiger partial charge in [-0.15, -0.1) is 0 Å². The van der Waals surface area contributed by atoms with Crippen molar-refractivity contribution in [3.05, 3.63) is 59.4 Å². The van der Waals surface area contributed by atoms with E-state index in [2.05, 4.69) is 10.3 Å². The van der Waals surface area contributed by atoms with E-state index in [-0.39, 0.29) is 30.2 Å². The number of aromatic nitrogens is 1. The van der Waals surface area contributed by atoms with Gasteiger partial charge in [0.2, 0.25) is 5.91 Å². The molecule has 8 heteroatoms. The molecule has 0 fully saturated rings. The number of imide groups is 1. The highest BCUT2D eigenvalue weighted by molar-refractivity contribution is 6.06. The molecule has 148 valence electrons. The number of nitrogens with zero attached hydrogens (tertiary/aromatic N) is 1. The molecule has 8 nitrogen and oxygen atoms in total. The lowest BCUT2D eigenvalue weighted by atomic mass is 10.2. The number of unbranched alkanes of at least 4 members (excludes halogenated alkanes) is 1. The van der Waals surface area contributed by atoms with Crippen molar-refractivity contribution in [2.45, 2.75) is 26.4 Å². The van der Waals surface area contributed by atoms with Gasteiger partial charge >= 0.3 is 5.97 Å². The minimum Gasteiger partial charge on any atom is -0.486 e. The summed E-state index contributed by atoms with van der Waals surface area (Å²) in [7, 11) is 0. The van der Waals surface area contributed by atoms with Gasteiger partial charge in [0, 0.05) is 6.20 Å². The number of hydrogen-bond donors (Lipinski definition) is 2. The zero-order valence-electron chi connectivity index (χ0n) is 15.6. The minimum absolute atomic E-state index is 0.0658. The van der Waals surface area contributed by atoms with Gasteiger partial charge < -0.3 is 15.2 Å². The van der Waals surface area contributed by atoms with E-state index in [0.29, 0.717) is 6.61 Å². The van der Waals surface area contributed by atoms with E-state index in [0.717, 1.165) is 18.4 Å². The van der Waals surface area contributed by atoms with Crippen LogP contribution in [0, 0.1) is 0 Å². The largest absolute Gasteiger partial charge is 0.486 e. The first kappa shape index (κ1) is 21.0. The van der Waals surface area contributed by atoms with Crippen LogP contribution in [-0.2, 0) is 16.1 Å². The molecule has 3 N–H and O–H groups in total. The summed E-state index contributed by atoms with van der Waals surface area (Å²) in [6.45, 7) is 2.10. The molecular weight excluding hydrogens is 362 g/mol. The molecule has 0 aliphatic heterocycles. The molecule has 0 aliphatic rings. The number of hydrogen-bond acceptors (Lipinski definition) is 7.